The molecular weight excluding hydrogens is 362 g/mol. The van der Waals surface area contributed by atoms with Gasteiger partial charge in [-0.2, -0.15) is 0 Å². The van der Waals surface area contributed by atoms with Gasteiger partial charge in [-0.15, -0.1) is 0 Å². The van der Waals surface area contributed by atoms with Crippen molar-refractivity contribution < 1.29 is 23.9 Å². The van der Waals surface area contributed by atoms with Gasteiger partial charge in [0.2, 0.25) is 5.91 Å². The van der Waals surface area contributed by atoms with E-state index in [4.69, 9.17) is 9.47 Å². The van der Waals surface area contributed by atoms with Gasteiger partial charge in [-0.1, -0.05) is 18.2 Å². The van der Waals surface area contributed by atoms with Crippen LogP contribution in [-0.4, -0.2) is 56.5 Å². The maximum Gasteiger partial charge on any atom is 0.316 e. The average Bonchev–Trinajstić information content (AvgIpc) is 2.72. The van der Waals surface area contributed by atoms with Crippen molar-refractivity contribution in [2.45, 2.75) is 0 Å². The average molecular weight is 383 g/mol. The lowest BCUT2D eigenvalue weighted by atomic mass is 10.2. The number of carbonyl (C=O) groups excluding carboxylic acids is 3. The van der Waals surface area contributed by atoms with Crippen molar-refractivity contribution >= 4 is 29.1 Å². The first-order valence-electron chi connectivity index (χ1n) is 8.71. The first kappa shape index (κ1) is 19.2. The molecule has 3 rings (SSSR count). The molecule has 0 unspecified atom stereocenters. The number of para-hydroxylation sites is 1. The number of anilines is 2. The molecule has 1 heterocycles. The van der Waals surface area contributed by atoms with Crippen LogP contribution in [0.2, 0.25) is 0 Å². The second-order valence-electron chi connectivity index (χ2n) is 6.13. The molecular formula is C20H21N3O5. The van der Waals surface area contributed by atoms with Gasteiger partial charge in [-0.25, -0.2) is 0 Å². The summed E-state index contributed by atoms with van der Waals surface area (Å²) in [5.41, 5.74) is 1.11. The van der Waals surface area contributed by atoms with Crippen molar-refractivity contribution in [1.29, 1.82) is 0 Å². The second kappa shape index (κ2) is 8.43. The zero-order valence-electron chi connectivity index (χ0n) is 15.7. The zero-order chi connectivity index (χ0) is 20.1. The number of nitrogens with one attached hydrogen (secondary N) is 1. The van der Waals surface area contributed by atoms with Gasteiger partial charge in [0.05, 0.1) is 19.9 Å². The minimum atomic E-state index is -0.702. The molecule has 0 aromatic heterocycles. The summed E-state index contributed by atoms with van der Waals surface area (Å²) in [6, 6.07) is 13.9. The van der Waals surface area contributed by atoms with E-state index in [0.717, 1.165) is 0 Å². The quantitative estimate of drug-likeness (QED) is 0.764. The molecule has 2 aromatic carbocycles. The van der Waals surface area contributed by atoms with E-state index in [9.17, 15) is 14.4 Å². The summed E-state index contributed by atoms with van der Waals surface area (Å²) in [6.45, 7) is 0.378. The van der Waals surface area contributed by atoms with Crippen molar-refractivity contribution in [1.82, 2.24) is 4.90 Å². The van der Waals surface area contributed by atoms with Gasteiger partial charge in [0.25, 0.3) is 0 Å². The molecule has 2 aromatic rings. The number of carbonyl (C=O) groups is 3. The molecule has 0 spiro atoms. The van der Waals surface area contributed by atoms with Crippen molar-refractivity contribution in [2.24, 2.45) is 0 Å². The standard InChI is InChI=1S/C20H21N3O5/c1-27-15-8-9-16(17(12-15)28-2)21-18(24)13-22-10-11-23(20(26)19(22)25)14-6-4-3-5-7-14/h3-9,12H,10-11,13H2,1-2H3,(H,21,24). The monoisotopic (exact) mass is 383 g/mol. The van der Waals surface area contributed by atoms with Gasteiger partial charge < -0.3 is 24.6 Å². The Bertz CT molecular complexity index is 885. The fourth-order valence-corrected chi connectivity index (χ4v) is 2.94. The smallest absolute Gasteiger partial charge is 0.316 e. The molecule has 1 aliphatic heterocycles. The van der Waals surface area contributed by atoms with Crippen molar-refractivity contribution in [3.63, 3.8) is 0 Å². The lowest BCUT2D eigenvalue weighted by Gasteiger charge is -2.33. The third-order valence-corrected chi connectivity index (χ3v) is 4.39. The van der Waals surface area contributed by atoms with Crippen LogP contribution in [0.4, 0.5) is 11.4 Å². The van der Waals surface area contributed by atoms with Gasteiger partial charge >= 0.3 is 11.8 Å². The Balaban J connectivity index is 1.64. The molecule has 8 nitrogen and oxygen atoms in total. The Labute approximate surface area is 162 Å². The number of amides is 3. The molecule has 8 heteroatoms. The molecule has 3 amide bonds. The Hall–Kier alpha value is -3.55. The number of rotatable bonds is 6. The fourth-order valence-electron chi connectivity index (χ4n) is 2.94. The van der Waals surface area contributed by atoms with Crippen molar-refractivity contribution in [3.05, 3.63) is 48.5 Å². The van der Waals surface area contributed by atoms with E-state index in [0.29, 0.717) is 29.4 Å². The molecule has 1 fully saturated rings. The third kappa shape index (κ3) is 4.06. The number of benzene rings is 2. The van der Waals surface area contributed by atoms with E-state index in [1.54, 1.807) is 42.5 Å². The van der Waals surface area contributed by atoms with E-state index in [1.807, 2.05) is 6.07 Å². The molecule has 0 atom stereocenters. The maximum absolute atomic E-state index is 12.4. The highest BCUT2D eigenvalue weighted by Gasteiger charge is 2.34. The van der Waals surface area contributed by atoms with E-state index in [2.05, 4.69) is 5.32 Å². The summed E-state index contributed by atoms with van der Waals surface area (Å²) < 4.78 is 10.4. The van der Waals surface area contributed by atoms with Crippen LogP contribution in [0.25, 0.3) is 0 Å². The van der Waals surface area contributed by atoms with E-state index in [-0.39, 0.29) is 13.1 Å². The van der Waals surface area contributed by atoms with Gasteiger partial charge in [-0.05, 0) is 24.3 Å². The van der Waals surface area contributed by atoms with Crippen LogP contribution in [0, 0.1) is 0 Å². The summed E-state index contributed by atoms with van der Waals surface area (Å²) in [4.78, 5) is 39.9. The van der Waals surface area contributed by atoms with Crippen LogP contribution in [-0.2, 0) is 14.4 Å². The van der Waals surface area contributed by atoms with Crippen molar-refractivity contribution in [3.8, 4) is 11.5 Å². The largest absolute Gasteiger partial charge is 0.497 e. The van der Waals surface area contributed by atoms with Gasteiger partial charge in [0.15, 0.2) is 0 Å². The number of piperazine rings is 1. The predicted molar refractivity (Wildman–Crippen MR) is 104 cm³/mol. The van der Waals surface area contributed by atoms with Crippen LogP contribution in [0.15, 0.2) is 48.5 Å². The maximum atomic E-state index is 12.4. The van der Waals surface area contributed by atoms with Crippen LogP contribution < -0.4 is 19.7 Å². The highest BCUT2D eigenvalue weighted by Crippen LogP contribution is 2.29. The number of hydrogen-bond donors (Lipinski definition) is 1. The molecule has 0 bridgehead atoms. The Kier molecular flexibility index (Phi) is 5.78. The van der Waals surface area contributed by atoms with Crippen LogP contribution in [0.3, 0.4) is 0 Å². The number of ether oxygens (including phenoxy) is 2. The van der Waals surface area contributed by atoms with Gasteiger partial charge in [0.1, 0.15) is 18.0 Å². The molecule has 0 saturated carbocycles. The Morgan fingerprint density at radius 1 is 1.00 bits per heavy atom. The first-order chi connectivity index (χ1) is 13.5. The topological polar surface area (TPSA) is 88.2 Å². The number of hydrogen-bond acceptors (Lipinski definition) is 5. The molecule has 1 saturated heterocycles. The van der Waals surface area contributed by atoms with Gasteiger partial charge in [-0.3, -0.25) is 14.4 Å². The lowest BCUT2D eigenvalue weighted by molar-refractivity contribution is -0.147. The SMILES string of the molecule is COc1ccc(NC(=O)CN2CCN(c3ccccc3)C(=O)C2=O)c(OC)c1. The normalized spacial score (nSPS) is 14.1. The summed E-state index contributed by atoms with van der Waals surface area (Å²) in [7, 11) is 3.01. The summed E-state index contributed by atoms with van der Waals surface area (Å²) in [5, 5.41) is 2.70. The first-order valence-corrected chi connectivity index (χ1v) is 8.71. The highest BCUT2D eigenvalue weighted by atomic mass is 16.5. The Morgan fingerprint density at radius 2 is 1.75 bits per heavy atom. The third-order valence-electron chi connectivity index (χ3n) is 4.39. The molecule has 1 N–H and O–H groups in total. The van der Waals surface area contributed by atoms with Gasteiger partial charge in [0, 0.05) is 24.8 Å². The number of nitrogens with zero attached hydrogens (tertiary/aromatic N) is 2. The van der Waals surface area contributed by atoms with Crippen LogP contribution in [0.5, 0.6) is 11.5 Å². The second-order valence-corrected chi connectivity index (χ2v) is 6.13. The van der Waals surface area contributed by atoms with E-state index < -0.39 is 17.7 Å². The molecule has 1 aliphatic rings. The number of methoxy groups -OCH3 is 2. The highest BCUT2D eigenvalue weighted by molar-refractivity contribution is 6.41. The Morgan fingerprint density at radius 3 is 2.43 bits per heavy atom. The molecule has 0 radical (unpaired) electrons. The minimum Gasteiger partial charge on any atom is -0.497 e. The van der Waals surface area contributed by atoms with Crippen LogP contribution in [0.1, 0.15) is 0 Å². The predicted octanol–water partition coefficient (Wildman–Crippen LogP) is 1.52. The van der Waals surface area contributed by atoms with E-state index >= 15 is 0 Å². The van der Waals surface area contributed by atoms with E-state index in [1.165, 1.54) is 24.0 Å². The minimum absolute atomic E-state index is 0.220. The molecule has 28 heavy (non-hydrogen) atoms. The molecule has 146 valence electrons. The lowest BCUT2D eigenvalue weighted by Crippen LogP contribution is -2.56. The fraction of sp³-hybridized carbons (Fsp3) is 0.250. The summed E-state index contributed by atoms with van der Waals surface area (Å²) in [6.07, 6.45) is 0. The summed E-state index contributed by atoms with van der Waals surface area (Å²) in [5.74, 6) is -0.742. The van der Waals surface area contributed by atoms with Crippen LogP contribution >= 0.6 is 0 Å². The zero-order valence-corrected chi connectivity index (χ0v) is 15.7. The van der Waals surface area contributed by atoms with Crippen molar-refractivity contribution in [2.75, 3.05) is 44.1 Å². The summed E-state index contributed by atoms with van der Waals surface area (Å²) >= 11 is 0. The molecule has 0 aliphatic carbocycles.